The van der Waals surface area contributed by atoms with Crippen LogP contribution in [0, 0.1) is 11.6 Å². The monoisotopic (exact) mass is 433 g/mol. The van der Waals surface area contributed by atoms with Gasteiger partial charge in [0.25, 0.3) is 5.91 Å². The van der Waals surface area contributed by atoms with Crippen LogP contribution in [-0.4, -0.2) is 45.0 Å². The number of nitrogens with zero attached hydrogens (tertiary/aromatic N) is 3. The molecule has 1 aromatic carbocycles. The number of aliphatic imine (C=N–C) groups is 1. The van der Waals surface area contributed by atoms with Crippen LogP contribution in [0.25, 0.3) is 0 Å². The Morgan fingerprint density at radius 2 is 2.10 bits per heavy atom. The van der Waals surface area contributed by atoms with Crippen molar-refractivity contribution in [1.29, 1.82) is 0 Å². The van der Waals surface area contributed by atoms with Crippen LogP contribution >= 0.6 is 0 Å². The van der Waals surface area contributed by atoms with Crippen LogP contribution < -0.4 is 10.6 Å². The van der Waals surface area contributed by atoms with Crippen molar-refractivity contribution in [1.82, 2.24) is 15.3 Å². The second-order valence-electron chi connectivity index (χ2n) is 7.70. The summed E-state index contributed by atoms with van der Waals surface area (Å²) in [5.41, 5.74) is 0.971. The summed E-state index contributed by atoms with van der Waals surface area (Å²) in [6.07, 6.45) is -0.210. The van der Waals surface area contributed by atoms with E-state index in [2.05, 4.69) is 25.6 Å². The minimum atomic E-state index is -1.12. The Labute approximate surface area is 176 Å². The fourth-order valence-corrected chi connectivity index (χ4v) is 4.01. The van der Waals surface area contributed by atoms with Crippen LogP contribution in [0.2, 0.25) is 0 Å². The van der Waals surface area contributed by atoms with Gasteiger partial charge in [0, 0.05) is 18.4 Å². The zero-order chi connectivity index (χ0) is 22.1. The number of alkyl halides is 1. The van der Waals surface area contributed by atoms with Crippen LogP contribution in [0.4, 0.5) is 19.0 Å². The lowest BCUT2D eigenvalue weighted by Crippen LogP contribution is -2.36. The molecule has 7 nitrogen and oxygen atoms in total. The molecule has 0 spiro atoms. The maximum absolute atomic E-state index is 14.2. The van der Waals surface area contributed by atoms with E-state index < -0.39 is 41.9 Å². The standard InChI is InChI=1S/C21H22F3N5O2/c1-2-14(12-5-10(22)3-4-13(12)24)29-21(31)19-18-16(8-25-19)26-9-27-20(18)28-15-6-11(23)7-17(15)30/h3-5,9,11,14-15,17,30H,2,6-8H2,1H3,(H,29,31)(H,26,27,28)/t11-,14-,15-,17-/m1/s1. The minimum absolute atomic E-state index is 0.0315. The Balaban J connectivity index is 1.57. The number of hydrogen-bond donors (Lipinski definition) is 3. The second kappa shape index (κ2) is 8.62. The third-order valence-corrected chi connectivity index (χ3v) is 5.61. The van der Waals surface area contributed by atoms with Crippen LogP contribution in [0.15, 0.2) is 29.5 Å². The zero-order valence-corrected chi connectivity index (χ0v) is 16.8. The molecule has 0 bridgehead atoms. The van der Waals surface area contributed by atoms with Gasteiger partial charge < -0.3 is 15.7 Å². The Morgan fingerprint density at radius 3 is 2.81 bits per heavy atom. The number of hydrogen-bond acceptors (Lipinski definition) is 6. The molecule has 1 fully saturated rings. The van der Waals surface area contributed by atoms with Crippen LogP contribution in [0.5, 0.6) is 0 Å². The van der Waals surface area contributed by atoms with Crippen LogP contribution in [0.1, 0.15) is 49.0 Å². The van der Waals surface area contributed by atoms with Crippen molar-refractivity contribution in [2.45, 2.75) is 57.1 Å². The zero-order valence-electron chi connectivity index (χ0n) is 16.8. The predicted molar refractivity (Wildman–Crippen MR) is 107 cm³/mol. The lowest BCUT2D eigenvalue weighted by atomic mass is 10.0. The number of carbonyl (C=O) groups excluding carboxylic acids is 1. The first-order valence-corrected chi connectivity index (χ1v) is 10.1. The number of anilines is 1. The Hall–Kier alpha value is -3.01. The summed E-state index contributed by atoms with van der Waals surface area (Å²) in [6.45, 7) is 1.89. The molecular weight excluding hydrogens is 411 g/mol. The molecule has 1 amide bonds. The molecule has 164 valence electrons. The highest BCUT2D eigenvalue weighted by Gasteiger charge is 2.35. The predicted octanol–water partition coefficient (Wildman–Crippen LogP) is 2.60. The number of amides is 1. The normalized spacial score (nSPS) is 23.3. The van der Waals surface area contributed by atoms with Gasteiger partial charge in [0.15, 0.2) is 0 Å². The smallest absolute Gasteiger partial charge is 0.270 e. The summed E-state index contributed by atoms with van der Waals surface area (Å²) < 4.78 is 41.4. The van der Waals surface area contributed by atoms with Crippen molar-refractivity contribution in [2.24, 2.45) is 4.99 Å². The molecule has 2 heterocycles. The summed E-state index contributed by atoms with van der Waals surface area (Å²) in [5, 5.41) is 15.8. The third kappa shape index (κ3) is 4.25. The van der Waals surface area contributed by atoms with E-state index in [9.17, 15) is 23.1 Å². The Bertz CT molecular complexity index is 1030. The summed E-state index contributed by atoms with van der Waals surface area (Å²) in [5.74, 6) is -1.53. The van der Waals surface area contributed by atoms with E-state index >= 15 is 0 Å². The molecule has 2 aliphatic rings. The largest absolute Gasteiger partial charge is 0.391 e. The fraction of sp³-hybridized carbons (Fsp3) is 0.429. The van der Waals surface area contributed by atoms with Crippen molar-refractivity contribution in [3.05, 3.63) is 53.0 Å². The molecule has 2 aromatic rings. The molecule has 1 saturated carbocycles. The summed E-state index contributed by atoms with van der Waals surface area (Å²) in [7, 11) is 0. The summed E-state index contributed by atoms with van der Waals surface area (Å²) in [4.78, 5) is 25.6. The maximum atomic E-state index is 14.2. The van der Waals surface area contributed by atoms with E-state index in [0.717, 1.165) is 18.2 Å². The summed E-state index contributed by atoms with van der Waals surface area (Å²) >= 11 is 0. The van der Waals surface area contributed by atoms with Crippen molar-refractivity contribution in [3.8, 4) is 0 Å². The number of fused-ring (bicyclic) bond motifs is 1. The minimum Gasteiger partial charge on any atom is -0.391 e. The van der Waals surface area contributed by atoms with Gasteiger partial charge in [0.1, 0.15) is 35.7 Å². The number of aromatic nitrogens is 2. The molecule has 4 rings (SSSR count). The molecule has 31 heavy (non-hydrogen) atoms. The highest BCUT2D eigenvalue weighted by molar-refractivity contribution is 6.47. The van der Waals surface area contributed by atoms with Gasteiger partial charge in [-0.25, -0.2) is 23.1 Å². The molecule has 10 heteroatoms. The highest BCUT2D eigenvalue weighted by atomic mass is 19.1. The van der Waals surface area contributed by atoms with Crippen LogP contribution in [-0.2, 0) is 11.3 Å². The third-order valence-electron chi connectivity index (χ3n) is 5.61. The molecule has 1 aliphatic heterocycles. The van der Waals surface area contributed by atoms with Gasteiger partial charge in [0.2, 0.25) is 0 Å². The van der Waals surface area contributed by atoms with Gasteiger partial charge in [0.05, 0.1) is 36.0 Å². The van der Waals surface area contributed by atoms with Gasteiger partial charge >= 0.3 is 0 Å². The van der Waals surface area contributed by atoms with E-state index in [1.165, 1.54) is 6.33 Å². The van der Waals surface area contributed by atoms with E-state index in [1.807, 2.05) is 0 Å². The topological polar surface area (TPSA) is 99.5 Å². The van der Waals surface area contributed by atoms with E-state index in [0.29, 0.717) is 17.7 Å². The molecular formula is C21H22F3N5O2. The van der Waals surface area contributed by atoms with Gasteiger partial charge in [-0.3, -0.25) is 9.79 Å². The molecule has 0 unspecified atom stereocenters. The molecule has 1 aliphatic carbocycles. The van der Waals surface area contributed by atoms with Gasteiger partial charge in [-0.05, 0) is 24.6 Å². The SMILES string of the molecule is CC[C@@H](NC(=O)C1=NCc2ncnc(N[C@@H]3C[C@@H](F)C[C@H]3O)c21)c1cc(F)ccc1F. The lowest BCUT2D eigenvalue weighted by molar-refractivity contribution is -0.115. The quantitative estimate of drug-likeness (QED) is 0.651. The first kappa shape index (κ1) is 21.2. The number of benzene rings is 1. The molecule has 0 radical (unpaired) electrons. The Kier molecular flexibility index (Phi) is 5.90. The number of aliphatic hydroxyl groups is 1. The first-order valence-electron chi connectivity index (χ1n) is 10.1. The molecule has 0 saturated heterocycles. The number of nitrogens with one attached hydrogen (secondary N) is 2. The average Bonchev–Trinajstić information content (AvgIpc) is 3.31. The fourth-order valence-electron chi connectivity index (χ4n) is 4.01. The number of rotatable bonds is 6. The molecule has 4 atom stereocenters. The number of halogens is 3. The maximum Gasteiger partial charge on any atom is 0.270 e. The number of carbonyl (C=O) groups is 1. The van der Waals surface area contributed by atoms with Gasteiger partial charge in [-0.1, -0.05) is 6.92 Å². The molecule has 1 aromatic heterocycles. The van der Waals surface area contributed by atoms with Crippen molar-refractivity contribution in [3.63, 3.8) is 0 Å². The van der Waals surface area contributed by atoms with Gasteiger partial charge in [-0.15, -0.1) is 0 Å². The lowest BCUT2D eigenvalue weighted by Gasteiger charge is -2.20. The summed E-state index contributed by atoms with van der Waals surface area (Å²) in [6, 6.07) is 1.77. The van der Waals surface area contributed by atoms with E-state index in [4.69, 9.17) is 0 Å². The van der Waals surface area contributed by atoms with E-state index in [-0.39, 0.29) is 36.5 Å². The number of aliphatic hydroxyl groups excluding tert-OH is 1. The second-order valence-corrected chi connectivity index (χ2v) is 7.70. The Morgan fingerprint density at radius 1 is 1.29 bits per heavy atom. The van der Waals surface area contributed by atoms with Gasteiger partial charge in [-0.2, -0.15) is 0 Å². The van der Waals surface area contributed by atoms with Crippen molar-refractivity contribution in [2.75, 3.05) is 5.32 Å². The molecule has 3 N–H and O–H groups in total. The van der Waals surface area contributed by atoms with Crippen molar-refractivity contribution >= 4 is 17.4 Å². The average molecular weight is 433 g/mol. The van der Waals surface area contributed by atoms with Crippen molar-refractivity contribution < 1.29 is 23.1 Å². The van der Waals surface area contributed by atoms with Crippen LogP contribution in [0.3, 0.4) is 0 Å². The van der Waals surface area contributed by atoms with E-state index in [1.54, 1.807) is 6.92 Å². The highest BCUT2D eigenvalue weighted by Crippen LogP contribution is 2.30. The first-order chi connectivity index (χ1) is 14.9.